The number of ether oxygens (including phenoxy) is 1. The predicted molar refractivity (Wildman–Crippen MR) is 98.3 cm³/mol. The molecule has 2 aromatic rings. The highest BCUT2D eigenvalue weighted by molar-refractivity contribution is 6.30. The number of anilines is 2. The Bertz CT molecular complexity index is 918. The van der Waals surface area contributed by atoms with Gasteiger partial charge in [0, 0.05) is 17.5 Å². The van der Waals surface area contributed by atoms with Gasteiger partial charge in [-0.05, 0) is 37.3 Å². The summed E-state index contributed by atoms with van der Waals surface area (Å²) in [6, 6.07) is 9.88. The number of halogens is 2. The molecule has 0 bridgehead atoms. The van der Waals surface area contributed by atoms with Crippen molar-refractivity contribution in [3.8, 4) is 0 Å². The molecular formula is C19H16ClFN2O4. The number of hydrogen-bond donors (Lipinski definition) is 1. The minimum absolute atomic E-state index is 0.0945. The summed E-state index contributed by atoms with van der Waals surface area (Å²) in [5.74, 6) is -2.53. The van der Waals surface area contributed by atoms with Gasteiger partial charge in [0.2, 0.25) is 5.91 Å². The van der Waals surface area contributed by atoms with Crippen LogP contribution >= 0.6 is 11.6 Å². The van der Waals surface area contributed by atoms with Gasteiger partial charge in [0.1, 0.15) is 5.82 Å². The maximum Gasteiger partial charge on any atom is 0.341 e. The van der Waals surface area contributed by atoms with Gasteiger partial charge >= 0.3 is 5.97 Å². The molecule has 3 rings (SSSR count). The van der Waals surface area contributed by atoms with E-state index in [0.29, 0.717) is 11.4 Å². The van der Waals surface area contributed by atoms with E-state index in [1.807, 2.05) is 0 Å². The predicted octanol–water partition coefficient (Wildman–Crippen LogP) is 3.40. The van der Waals surface area contributed by atoms with E-state index in [-0.39, 0.29) is 22.9 Å². The summed E-state index contributed by atoms with van der Waals surface area (Å²) >= 11 is 5.76. The molecule has 2 amide bonds. The van der Waals surface area contributed by atoms with Gasteiger partial charge in [-0.25, -0.2) is 9.18 Å². The molecule has 0 aromatic heterocycles. The lowest BCUT2D eigenvalue weighted by molar-refractivity contribution is -0.122. The van der Waals surface area contributed by atoms with Crippen LogP contribution in [0, 0.1) is 5.82 Å². The molecule has 1 aliphatic rings. The highest BCUT2D eigenvalue weighted by Gasteiger charge is 2.30. The first-order chi connectivity index (χ1) is 12.9. The van der Waals surface area contributed by atoms with Crippen LogP contribution in [-0.4, -0.2) is 30.4 Å². The highest BCUT2D eigenvalue weighted by Crippen LogP contribution is 2.31. The number of rotatable bonds is 3. The summed E-state index contributed by atoms with van der Waals surface area (Å²) in [6.45, 7) is 1.12. The largest absolute Gasteiger partial charge is 0.452 e. The average molecular weight is 391 g/mol. The van der Waals surface area contributed by atoms with Crippen LogP contribution in [0.5, 0.6) is 0 Å². The zero-order valence-corrected chi connectivity index (χ0v) is 15.1. The summed E-state index contributed by atoms with van der Waals surface area (Å²) in [4.78, 5) is 38.2. The average Bonchev–Trinajstić information content (AvgIpc) is 2.75. The number of nitrogens with zero attached hydrogens (tertiary/aromatic N) is 1. The Morgan fingerprint density at radius 3 is 2.81 bits per heavy atom. The third-order valence-electron chi connectivity index (χ3n) is 4.10. The molecule has 0 saturated carbocycles. The number of carbonyl (C=O) groups is 3. The maximum atomic E-state index is 13.8. The highest BCUT2D eigenvalue weighted by atomic mass is 35.5. The molecule has 6 nitrogen and oxygen atoms in total. The Morgan fingerprint density at radius 1 is 1.30 bits per heavy atom. The molecule has 2 aromatic carbocycles. The summed E-state index contributed by atoms with van der Waals surface area (Å²) in [6.07, 6.45) is 0.0945. The third-order valence-corrected chi connectivity index (χ3v) is 4.34. The van der Waals surface area contributed by atoms with Crippen molar-refractivity contribution in [2.45, 2.75) is 19.4 Å². The number of amides is 2. The van der Waals surface area contributed by atoms with Crippen LogP contribution in [0.3, 0.4) is 0 Å². The van der Waals surface area contributed by atoms with Crippen LogP contribution in [0.25, 0.3) is 0 Å². The number of carbonyl (C=O) groups excluding carboxylic acids is 3. The normalized spacial score (nSPS) is 16.2. The first kappa shape index (κ1) is 18.8. The van der Waals surface area contributed by atoms with Crippen molar-refractivity contribution < 1.29 is 23.5 Å². The van der Waals surface area contributed by atoms with Crippen LogP contribution < -0.4 is 10.2 Å². The second kappa shape index (κ2) is 7.75. The van der Waals surface area contributed by atoms with Gasteiger partial charge in [-0.2, -0.15) is 0 Å². The van der Waals surface area contributed by atoms with E-state index in [1.54, 1.807) is 31.2 Å². The van der Waals surface area contributed by atoms with Crippen LogP contribution in [0.4, 0.5) is 15.8 Å². The second-order valence-electron chi connectivity index (χ2n) is 6.08. The van der Waals surface area contributed by atoms with Crippen molar-refractivity contribution >= 4 is 40.8 Å². The van der Waals surface area contributed by atoms with Gasteiger partial charge in [0.25, 0.3) is 5.91 Å². The Morgan fingerprint density at radius 2 is 2.04 bits per heavy atom. The van der Waals surface area contributed by atoms with Gasteiger partial charge in [0.05, 0.1) is 16.9 Å². The zero-order chi connectivity index (χ0) is 19.6. The third kappa shape index (κ3) is 4.09. The lowest BCUT2D eigenvalue weighted by atomic mass is 10.1. The standard InChI is InChI=1S/C19H16ClFN2O4/c1-11-8-17(24)22-15-4-2-3-5-16(15)23(11)18(25)10-27-19(26)13-9-12(20)6-7-14(13)21/h2-7,9,11H,8,10H2,1H3,(H,22,24)/t11-/m0/s1. The molecule has 1 heterocycles. The molecule has 1 atom stereocenters. The van der Waals surface area contributed by atoms with E-state index in [2.05, 4.69) is 5.32 Å². The second-order valence-corrected chi connectivity index (χ2v) is 6.52. The first-order valence-corrected chi connectivity index (χ1v) is 8.57. The molecule has 27 heavy (non-hydrogen) atoms. The van der Waals surface area contributed by atoms with Gasteiger partial charge < -0.3 is 15.0 Å². The van der Waals surface area contributed by atoms with E-state index in [9.17, 15) is 18.8 Å². The van der Waals surface area contributed by atoms with Crippen molar-refractivity contribution in [2.75, 3.05) is 16.8 Å². The summed E-state index contributed by atoms with van der Waals surface area (Å²) in [5, 5.41) is 2.91. The Kier molecular flexibility index (Phi) is 5.41. The maximum absolute atomic E-state index is 13.8. The van der Waals surface area contributed by atoms with E-state index in [1.165, 1.54) is 11.0 Å². The van der Waals surface area contributed by atoms with Gasteiger partial charge in [0.15, 0.2) is 6.61 Å². The first-order valence-electron chi connectivity index (χ1n) is 8.20. The van der Waals surface area contributed by atoms with E-state index in [4.69, 9.17) is 16.3 Å². The molecule has 140 valence electrons. The number of nitrogens with one attached hydrogen (secondary N) is 1. The number of benzene rings is 2. The molecule has 0 unspecified atom stereocenters. The zero-order valence-electron chi connectivity index (χ0n) is 14.4. The Hall–Kier alpha value is -2.93. The number of para-hydroxylation sites is 2. The Labute approximate surface area is 159 Å². The fourth-order valence-electron chi connectivity index (χ4n) is 2.90. The minimum Gasteiger partial charge on any atom is -0.452 e. The van der Waals surface area contributed by atoms with Crippen LogP contribution in [0.15, 0.2) is 42.5 Å². The van der Waals surface area contributed by atoms with Crippen LogP contribution in [0.1, 0.15) is 23.7 Å². The minimum atomic E-state index is -0.992. The molecule has 0 aliphatic carbocycles. The molecule has 0 radical (unpaired) electrons. The van der Waals surface area contributed by atoms with Crippen molar-refractivity contribution in [1.82, 2.24) is 0 Å². The molecule has 8 heteroatoms. The summed E-state index contributed by atoms with van der Waals surface area (Å²) < 4.78 is 18.7. The van der Waals surface area contributed by atoms with Gasteiger partial charge in [-0.3, -0.25) is 9.59 Å². The number of esters is 1. The molecule has 0 fully saturated rings. The SMILES string of the molecule is C[C@H]1CC(=O)Nc2ccccc2N1C(=O)COC(=O)c1cc(Cl)ccc1F. The molecule has 0 saturated heterocycles. The quantitative estimate of drug-likeness (QED) is 0.815. The Balaban J connectivity index is 1.78. The van der Waals surface area contributed by atoms with Crippen molar-refractivity contribution in [2.24, 2.45) is 0 Å². The van der Waals surface area contributed by atoms with Crippen LogP contribution in [-0.2, 0) is 14.3 Å². The number of hydrogen-bond acceptors (Lipinski definition) is 4. The van der Waals surface area contributed by atoms with Gasteiger partial charge in [-0.1, -0.05) is 23.7 Å². The smallest absolute Gasteiger partial charge is 0.341 e. The summed E-state index contributed by atoms with van der Waals surface area (Å²) in [5.41, 5.74) is 0.648. The van der Waals surface area contributed by atoms with Crippen molar-refractivity contribution in [3.63, 3.8) is 0 Å². The lowest BCUT2D eigenvalue weighted by Crippen LogP contribution is -2.41. The molecule has 1 aliphatic heterocycles. The fraction of sp³-hybridized carbons (Fsp3) is 0.211. The van der Waals surface area contributed by atoms with E-state index < -0.39 is 30.3 Å². The fourth-order valence-corrected chi connectivity index (χ4v) is 3.07. The summed E-state index contributed by atoms with van der Waals surface area (Å²) in [7, 11) is 0. The lowest BCUT2D eigenvalue weighted by Gasteiger charge is -2.27. The molecular weight excluding hydrogens is 375 g/mol. The van der Waals surface area contributed by atoms with Crippen molar-refractivity contribution in [3.05, 3.63) is 58.9 Å². The topological polar surface area (TPSA) is 75.7 Å². The van der Waals surface area contributed by atoms with E-state index in [0.717, 1.165) is 12.1 Å². The monoisotopic (exact) mass is 390 g/mol. The van der Waals surface area contributed by atoms with E-state index >= 15 is 0 Å². The van der Waals surface area contributed by atoms with Gasteiger partial charge in [-0.15, -0.1) is 0 Å². The van der Waals surface area contributed by atoms with Crippen molar-refractivity contribution in [1.29, 1.82) is 0 Å². The molecule has 0 spiro atoms. The van der Waals surface area contributed by atoms with Crippen LogP contribution in [0.2, 0.25) is 5.02 Å². The molecule has 1 N–H and O–H groups in total. The number of fused-ring (bicyclic) bond motifs is 1.